The Kier molecular flexibility index (Phi) is 5.46. The number of rotatable bonds is 4. The van der Waals surface area contributed by atoms with Crippen molar-refractivity contribution >= 4 is 18.6 Å². The first kappa shape index (κ1) is 13.2. The molecule has 1 aliphatic carbocycles. The average Bonchev–Trinajstić information content (AvgIpc) is 2.37. The maximum atomic E-state index is 11.1. The lowest BCUT2D eigenvalue weighted by molar-refractivity contribution is -0.146. The molecule has 0 aromatic rings. The Hall–Kier alpha value is -0.900. The average molecular weight is 242 g/mol. The minimum absolute atomic E-state index is 0.0257. The second-order valence-electron chi connectivity index (χ2n) is 3.66. The molecule has 0 N–H and O–H groups in total. The van der Waals surface area contributed by atoms with E-state index in [0.29, 0.717) is 6.61 Å². The van der Waals surface area contributed by atoms with E-state index in [4.69, 9.17) is 9.47 Å². The van der Waals surface area contributed by atoms with Crippen molar-refractivity contribution in [1.82, 2.24) is 0 Å². The molecular formula is C12H18O3S. The quantitative estimate of drug-likeness (QED) is 0.607. The van der Waals surface area contributed by atoms with Crippen molar-refractivity contribution in [2.24, 2.45) is 0 Å². The van der Waals surface area contributed by atoms with Crippen molar-refractivity contribution in [3.8, 4) is 0 Å². The minimum atomic E-state index is -0.331. The van der Waals surface area contributed by atoms with Gasteiger partial charge in [0.05, 0.1) is 6.61 Å². The first-order valence-electron chi connectivity index (χ1n) is 5.49. The van der Waals surface area contributed by atoms with Gasteiger partial charge in [-0.2, -0.15) is 12.6 Å². The van der Waals surface area contributed by atoms with E-state index in [9.17, 15) is 4.79 Å². The summed E-state index contributed by atoms with van der Waals surface area (Å²) in [6.45, 7) is 4.10. The van der Waals surface area contributed by atoms with E-state index in [0.717, 1.165) is 24.2 Å². The fourth-order valence-corrected chi connectivity index (χ4v) is 1.88. The van der Waals surface area contributed by atoms with Crippen LogP contribution in [0, 0.1) is 0 Å². The normalized spacial score (nSPS) is 20.6. The molecule has 0 saturated heterocycles. The van der Waals surface area contributed by atoms with E-state index < -0.39 is 0 Å². The molecule has 0 spiro atoms. The number of carbonyl (C=O) groups excluding carboxylic acids is 1. The molecule has 0 fully saturated rings. The largest absolute Gasteiger partial charge is 0.482 e. The van der Waals surface area contributed by atoms with Crippen LogP contribution in [0.3, 0.4) is 0 Å². The van der Waals surface area contributed by atoms with Crippen LogP contribution in [0.15, 0.2) is 23.5 Å². The predicted molar refractivity (Wildman–Crippen MR) is 66.4 cm³/mol. The molecule has 1 aliphatic rings. The van der Waals surface area contributed by atoms with Gasteiger partial charge in [0.1, 0.15) is 5.76 Å². The molecule has 1 unspecified atom stereocenters. The lowest BCUT2D eigenvalue weighted by atomic mass is 10.2. The zero-order chi connectivity index (χ0) is 12.0. The second kappa shape index (κ2) is 6.63. The van der Waals surface area contributed by atoms with E-state index in [1.165, 1.54) is 0 Å². The van der Waals surface area contributed by atoms with Crippen LogP contribution in [0.1, 0.15) is 26.7 Å². The molecule has 90 valence electrons. The van der Waals surface area contributed by atoms with E-state index in [1.807, 2.05) is 19.1 Å². The summed E-state index contributed by atoms with van der Waals surface area (Å²) in [6.07, 6.45) is 5.96. The third-order valence-electron chi connectivity index (χ3n) is 2.27. The van der Waals surface area contributed by atoms with Crippen LogP contribution >= 0.6 is 12.6 Å². The topological polar surface area (TPSA) is 35.5 Å². The highest BCUT2D eigenvalue weighted by molar-refractivity contribution is 7.81. The number of hydrogen-bond donors (Lipinski definition) is 1. The van der Waals surface area contributed by atoms with E-state index >= 15 is 0 Å². The lowest BCUT2D eigenvalue weighted by Crippen LogP contribution is -2.12. The van der Waals surface area contributed by atoms with Gasteiger partial charge in [-0.15, -0.1) is 0 Å². The van der Waals surface area contributed by atoms with Gasteiger partial charge in [-0.25, -0.2) is 4.79 Å². The Morgan fingerprint density at radius 3 is 3.06 bits per heavy atom. The molecule has 0 aliphatic heterocycles. The van der Waals surface area contributed by atoms with Crippen molar-refractivity contribution in [1.29, 1.82) is 0 Å². The van der Waals surface area contributed by atoms with Crippen molar-refractivity contribution in [2.45, 2.75) is 31.9 Å². The molecule has 0 radical (unpaired) electrons. The summed E-state index contributed by atoms with van der Waals surface area (Å²) in [5, 5.41) is 0.264. The summed E-state index contributed by atoms with van der Waals surface area (Å²) in [7, 11) is 0. The van der Waals surface area contributed by atoms with Gasteiger partial charge in [0.15, 0.2) is 6.61 Å². The van der Waals surface area contributed by atoms with Crippen LogP contribution in [0.25, 0.3) is 0 Å². The molecule has 0 aromatic carbocycles. The monoisotopic (exact) mass is 242 g/mol. The van der Waals surface area contributed by atoms with Crippen LogP contribution in [0.4, 0.5) is 0 Å². The van der Waals surface area contributed by atoms with Gasteiger partial charge in [0.25, 0.3) is 0 Å². The minimum Gasteiger partial charge on any atom is -0.482 e. The second-order valence-corrected chi connectivity index (χ2v) is 4.32. The Morgan fingerprint density at radius 2 is 2.38 bits per heavy atom. The third-order valence-corrected chi connectivity index (χ3v) is 2.68. The fourth-order valence-electron chi connectivity index (χ4n) is 1.51. The maximum absolute atomic E-state index is 11.1. The van der Waals surface area contributed by atoms with Gasteiger partial charge in [-0.05, 0) is 38.3 Å². The van der Waals surface area contributed by atoms with Gasteiger partial charge < -0.3 is 9.47 Å². The lowest BCUT2D eigenvalue weighted by Gasteiger charge is -2.09. The van der Waals surface area contributed by atoms with Crippen LogP contribution in [-0.4, -0.2) is 24.4 Å². The molecule has 0 amide bonds. The fraction of sp³-hybridized carbons (Fsp3) is 0.583. The zero-order valence-corrected chi connectivity index (χ0v) is 10.6. The molecule has 16 heavy (non-hydrogen) atoms. The molecular weight excluding hydrogens is 224 g/mol. The first-order chi connectivity index (χ1) is 7.63. The molecule has 1 atom stereocenters. The first-order valence-corrected chi connectivity index (χ1v) is 6.00. The summed E-state index contributed by atoms with van der Waals surface area (Å²) >= 11 is 4.42. The number of hydrogen-bond acceptors (Lipinski definition) is 4. The van der Waals surface area contributed by atoms with Crippen LogP contribution in [0.5, 0.6) is 0 Å². The number of allylic oxidation sites excluding steroid dienone is 2. The molecule has 4 heteroatoms. The molecule has 0 aromatic heterocycles. The third kappa shape index (κ3) is 4.31. The Morgan fingerprint density at radius 1 is 1.62 bits per heavy atom. The van der Waals surface area contributed by atoms with Crippen molar-refractivity contribution in [3.05, 3.63) is 23.5 Å². The van der Waals surface area contributed by atoms with Gasteiger partial charge in [0.2, 0.25) is 0 Å². The van der Waals surface area contributed by atoms with Gasteiger partial charge >= 0.3 is 5.97 Å². The number of esters is 1. The summed E-state index contributed by atoms with van der Waals surface area (Å²) in [5.74, 6) is 0.437. The van der Waals surface area contributed by atoms with E-state index in [2.05, 4.69) is 12.6 Å². The van der Waals surface area contributed by atoms with Gasteiger partial charge in [0, 0.05) is 5.25 Å². The van der Waals surface area contributed by atoms with E-state index in [1.54, 1.807) is 6.92 Å². The maximum Gasteiger partial charge on any atom is 0.344 e. The van der Waals surface area contributed by atoms with Gasteiger partial charge in [-0.3, -0.25) is 0 Å². The molecule has 3 nitrogen and oxygen atoms in total. The number of thiol groups is 1. The molecule has 0 heterocycles. The summed E-state index contributed by atoms with van der Waals surface area (Å²) in [6, 6.07) is 0. The van der Waals surface area contributed by atoms with Crippen molar-refractivity contribution in [3.63, 3.8) is 0 Å². The Bertz CT molecular complexity index is 307. The van der Waals surface area contributed by atoms with Crippen LogP contribution in [-0.2, 0) is 14.3 Å². The smallest absolute Gasteiger partial charge is 0.344 e. The number of carbonyl (C=O) groups is 1. The van der Waals surface area contributed by atoms with E-state index in [-0.39, 0.29) is 17.8 Å². The van der Waals surface area contributed by atoms with Crippen LogP contribution in [0.2, 0.25) is 0 Å². The summed E-state index contributed by atoms with van der Waals surface area (Å²) < 4.78 is 10.2. The molecule has 1 rings (SSSR count). The Labute approximate surface area is 102 Å². The SMILES string of the molecule is CCOC(=O)COC1=CCCC(S)C=C1C. The standard InChI is InChI=1S/C12H18O3S/c1-3-14-12(13)8-15-11-6-4-5-10(16)7-9(11)2/h6-7,10,16H,3-5,8H2,1-2H3. The molecule has 0 bridgehead atoms. The summed E-state index contributed by atoms with van der Waals surface area (Å²) in [4.78, 5) is 11.1. The number of ether oxygens (including phenoxy) is 2. The molecule has 0 saturated carbocycles. The zero-order valence-electron chi connectivity index (χ0n) is 9.73. The highest BCUT2D eigenvalue weighted by Crippen LogP contribution is 2.21. The van der Waals surface area contributed by atoms with Crippen molar-refractivity contribution < 1.29 is 14.3 Å². The highest BCUT2D eigenvalue weighted by atomic mass is 32.1. The summed E-state index contributed by atoms with van der Waals surface area (Å²) in [5.41, 5.74) is 1.03. The van der Waals surface area contributed by atoms with Crippen molar-refractivity contribution in [2.75, 3.05) is 13.2 Å². The van der Waals surface area contributed by atoms with Crippen LogP contribution < -0.4 is 0 Å². The Balaban J connectivity index is 2.49. The van der Waals surface area contributed by atoms with Gasteiger partial charge in [-0.1, -0.05) is 6.08 Å². The predicted octanol–water partition coefficient (Wildman–Crippen LogP) is 2.49. The highest BCUT2D eigenvalue weighted by Gasteiger charge is 2.11.